The van der Waals surface area contributed by atoms with Crippen LogP contribution >= 0.6 is 0 Å². The van der Waals surface area contributed by atoms with Crippen molar-refractivity contribution in [1.82, 2.24) is 10.3 Å². The summed E-state index contributed by atoms with van der Waals surface area (Å²) in [6.07, 6.45) is 6.85. The topological polar surface area (TPSA) is 51.2 Å². The molecule has 0 saturated carbocycles. The number of ether oxygens (including phenoxy) is 1. The van der Waals surface area contributed by atoms with Gasteiger partial charge in [-0.3, -0.25) is 9.78 Å². The number of pyridine rings is 1. The van der Waals surface area contributed by atoms with Gasteiger partial charge in [-0.2, -0.15) is 0 Å². The first-order chi connectivity index (χ1) is 10.8. The number of aromatic nitrogens is 1. The third-order valence-electron chi connectivity index (χ3n) is 3.34. The Morgan fingerprint density at radius 3 is 2.50 bits per heavy atom. The van der Waals surface area contributed by atoms with E-state index in [9.17, 15) is 4.79 Å². The molecule has 0 bridgehead atoms. The maximum atomic E-state index is 12.1. The summed E-state index contributed by atoms with van der Waals surface area (Å²) in [6, 6.07) is 11.0. The summed E-state index contributed by atoms with van der Waals surface area (Å²) in [5, 5.41) is 2.89. The quantitative estimate of drug-likeness (QED) is 0.758. The van der Waals surface area contributed by atoms with Gasteiger partial charge in [-0.05, 0) is 48.4 Å². The fourth-order valence-corrected chi connectivity index (χ4v) is 2.03. The van der Waals surface area contributed by atoms with Gasteiger partial charge in [0.05, 0.1) is 6.61 Å². The lowest BCUT2D eigenvalue weighted by atomic mass is 10.2. The predicted octanol–water partition coefficient (Wildman–Crippen LogP) is 3.58. The molecule has 0 radical (unpaired) electrons. The zero-order valence-corrected chi connectivity index (χ0v) is 12.9. The van der Waals surface area contributed by atoms with Gasteiger partial charge in [0, 0.05) is 24.5 Å². The molecule has 0 aliphatic rings. The van der Waals surface area contributed by atoms with Crippen LogP contribution in [0.1, 0.15) is 42.1 Å². The number of rotatable bonds is 8. The summed E-state index contributed by atoms with van der Waals surface area (Å²) < 4.78 is 5.63. The van der Waals surface area contributed by atoms with Crippen molar-refractivity contribution >= 4 is 5.91 Å². The highest BCUT2D eigenvalue weighted by molar-refractivity contribution is 5.94. The van der Waals surface area contributed by atoms with Crippen molar-refractivity contribution in [3.63, 3.8) is 0 Å². The number of unbranched alkanes of at least 4 members (excludes halogenated alkanes) is 2. The molecule has 4 nitrogen and oxygen atoms in total. The Morgan fingerprint density at radius 2 is 1.82 bits per heavy atom. The third kappa shape index (κ3) is 5.20. The number of nitrogens with zero attached hydrogens (tertiary/aromatic N) is 1. The molecule has 2 rings (SSSR count). The van der Waals surface area contributed by atoms with Crippen molar-refractivity contribution in [2.75, 3.05) is 6.61 Å². The molecule has 4 heteroatoms. The first kappa shape index (κ1) is 16.0. The zero-order valence-electron chi connectivity index (χ0n) is 12.9. The third-order valence-corrected chi connectivity index (χ3v) is 3.34. The fraction of sp³-hybridized carbons (Fsp3) is 0.333. The van der Waals surface area contributed by atoms with Crippen LogP contribution in [-0.4, -0.2) is 17.5 Å². The van der Waals surface area contributed by atoms with Gasteiger partial charge in [0.15, 0.2) is 0 Å². The van der Waals surface area contributed by atoms with Crippen LogP contribution in [0.15, 0.2) is 48.8 Å². The van der Waals surface area contributed by atoms with E-state index in [0.717, 1.165) is 24.3 Å². The van der Waals surface area contributed by atoms with Gasteiger partial charge in [-0.1, -0.05) is 19.8 Å². The molecule has 0 unspecified atom stereocenters. The Hall–Kier alpha value is -2.36. The molecule has 0 fully saturated rings. The van der Waals surface area contributed by atoms with Crippen LogP contribution in [0.3, 0.4) is 0 Å². The molecule has 0 atom stereocenters. The van der Waals surface area contributed by atoms with Gasteiger partial charge in [-0.15, -0.1) is 0 Å². The molecule has 1 heterocycles. The molecule has 1 N–H and O–H groups in total. The molecule has 2 aromatic rings. The molecule has 1 aromatic heterocycles. The molecular weight excluding hydrogens is 276 g/mol. The smallest absolute Gasteiger partial charge is 0.251 e. The standard InChI is InChI=1S/C18H22N2O2/c1-2-3-4-13-22-17-7-5-16(6-8-17)18(21)20-14-15-9-11-19-12-10-15/h5-12H,2-4,13-14H2,1H3,(H,20,21). The fourth-order valence-electron chi connectivity index (χ4n) is 2.03. The van der Waals surface area contributed by atoms with E-state index in [2.05, 4.69) is 17.2 Å². The maximum Gasteiger partial charge on any atom is 0.251 e. The minimum Gasteiger partial charge on any atom is -0.494 e. The summed E-state index contributed by atoms with van der Waals surface area (Å²) in [5.74, 6) is 0.719. The summed E-state index contributed by atoms with van der Waals surface area (Å²) in [4.78, 5) is 16.0. The van der Waals surface area contributed by atoms with Gasteiger partial charge in [0.1, 0.15) is 5.75 Å². The van der Waals surface area contributed by atoms with E-state index in [0.29, 0.717) is 12.1 Å². The Bertz CT molecular complexity index is 567. The molecule has 0 aliphatic carbocycles. The van der Waals surface area contributed by atoms with Crippen molar-refractivity contribution in [3.05, 3.63) is 59.9 Å². The van der Waals surface area contributed by atoms with Crippen LogP contribution < -0.4 is 10.1 Å². The van der Waals surface area contributed by atoms with Crippen LogP contribution in [0.4, 0.5) is 0 Å². The Balaban J connectivity index is 1.80. The van der Waals surface area contributed by atoms with E-state index in [-0.39, 0.29) is 5.91 Å². The molecule has 1 amide bonds. The van der Waals surface area contributed by atoms with Crippen LogP contribution in [-0.2, 0) is 6.54 Å². The SMILES string of the molecule is CCCCCOc1ccc(C(=O)NCc2ccncc2)cc1. The highest BCUT2D eigenvalue weighted by Crippen LogP contribution is 2.13. The van der Waals surface area contributed by atoms with E-state index >= 15 is 0 Å². The average Bonchev–Trinajstić information content (AvgIpc) is 2.58. The second kappa shape index (κ2) is 8.82. The monoisotopic (exact) mass is 298 g/mol. The molecule has 22 heavy (non-hydrogen) atoms. The van der Waals surface area contributed by atoms with E-state index < -0.39 is 0 Å². The highest BCUT2D eigenvalue weighted by atomic mass is 16.5. The lowest BCUT2D eigenvalue weighted by molar-refractivity contribution is 0.0951. The molecule has 0 aliphatic heterocycles. The number of benzene rings is 1. The van der Waals surface area contributed by atoms with E-state index in [1.807, 2.05) is 24.3 Å². The first-order valence-electron chi connectivity index (χ1n) is 7.69. The molecule has 1 aromatic carbocycles. The summed E-state index contributed by atoms with van der Waals surface area (Å²) in [5.41, 5.74) is 1.66. The van der Waals surface area contributed by atoms with E-state index in [4.69, 9.17) is 4.74 Å². The maximum absolute atomic E-state index is 12.1. The Kier molecular flexibility index (Phi) is 6.42. The number of hydrogen-bond donors (Lipinski definition) is 1. The Labute approximate surface area is 131 Å². The normalized spacial score (nSPS) is 10.2. The average molecular weight is 298 g/mol. The number of nitrogens with one attached hydrogen (secondary N) is 1. The second-order valence-corrected chi connectivity index (χ2v) is 5.12. The van der Waals surface area contributed by atoms with Gasteiger partial charge in [0.25, 0.3) is 5.91 Å². The van der Waals surface area contributed by atoms with Crippen molar-refractivity contribution in [3.8, 4) is 5.75 Å². The number of carbonyl (C=O) groups excluding carboxylic acids is 1. The number of amides is 1. The minimum absolute atomic E-state index is 0.0886. The van der Waals surface area contributed by atoms with Crippen molar-refractivity contribution in [2.24, 2.45) is 0 Å². The number of hydrogen-bond acceptors (Lipinski definition) is 3. The zero-order chi connectivity index (χ0) is 15.6. The minimum atomic E-state index is -0.0886. The van der Waals surface area contributed by atoms with Gasteiger partial charge in [0.2, 0.25) is 0 Å². The molecular formula is C18H22N2O2. The second-order valence-electron chi connectivity index (χ2n) is 5.12. The Morgan fingerprint density at radius 1 is 1.09 bits per heavy atom. The number of carbonyl (C=O) groups is 1. The summed E-state index contributed by atoms with van der Waals surface area (Å²) >= 11 is 0. The van der Waals surface area contributed by atoms with Crippen molar-refractivity contribution in [2.45, 2.75) is 32.7 Å². The van der Waals surface area contributed by atoms with Crippen LogP contribution in [0.25, 0.3) is 0 Å². The van der Waals surface area contributed by atoms with E-state index in [1.54, 1.807) is 24.5 Å². The summed E-state index contributed by atoms with van der Waals surface area (Å²) in [7, 11) is 0. The van der Waals surface area contributed by atoms with Gasteiger partial charge < -0.3 is 10.1 Å². The largest absolute Gasteiger partial charge is 0.494 e. The molecule has 0 saturated heterocycles. The van der Waals surface area contributed by atoms with Crippen LogP contribution in [0.5, 0.6) is 5.75 Å². The predicted molar refractivity (Wildman–Crippen MR) is 86.9 cm³/mol. The lowest BCUT2D eigenvalue weighted by Crippen LogP contribution is -2.22. The highest BCUT2D eigenvalue weighted by Gasteiger charge is 2.05. The van der Waals surface area contributed by atoms with Gasteiger partial charge in [-0.25, -0.2) is 0 Å². The van der Waals surface area contributed by atoms with Crippen molar-refractivity contribution < 1.29 is 9.53 Å². The van der Waals surface area contributed by atoms with Crippen molar-refractivity contribution in [1.29, 1.82) is 0 Å². The first-order valence-corrected chi connectivity index (χ1v) is 7.69. The van der Waals surface area contributed by atoms with Crippen LogP contribution in [0, 0.1) is 0 Å². The lowest BCUT2D eigenvalue weighted by Gasteiger charge is -2.08. The summed E-state index contributed by atoms with van der Waals surface area (Å²) in [6.45, 7) is 3.39. The van der Waals surface area contributed by atoms with Gasteiger partial charge >= 0.3 is 0 Å². The molecule has 116 valence electrons. The van der Waals surface area contributed by atoms with E-state index in [1.165, 1.54) is 12.8 Å². The van der Waals surface area contributed by atoms with Crippen LogP contribution in [0.2, 0.25) is 0 Å². The molecule has 0 spiro atoms.